The Morgan fingerprint density at radius 2 is 2.27 bits per heavy atom. The number of aliphatic hydroxyl groups excluding tert-OH is 1. The minimum Gasteiger partial charge on any atom is -0.389 e. The van der Waals surface area contributed by atoms with E-state index in [9.17, 15) is 5.11 Å². The van der Waals surface area contributed by atoms with E-state index in [-0.39, 0.29) is 29.2 Å². The Morgan fingerprint density at radius 1 is 1.47 bits per heavy atom. The molecule has 82 valence electrons. The Kier molecular flexibility index (Phi) is 2.16. The first-order valence-corrected chi connectivity index (χ1v) is 6.30. The van der Waals surface area contributed by atoms with Crippen LogP contribution in [0.1, 0.15) is 13.3 Å². The zero-order valence-corrected chi connectivity index (χ0v) is 9.35. The van der Waals surface area contributed by atoms with E-state index in [4.69, 9.17) is 4.74 Å². The number of nitrogens with zero attached hydrogens (tertiary/aromatic N) is 2. The van der Waals surface area contributed by atoms with E-state index in [1.807, 2.05) is 6.92 Å². The Labute approximate surface area is 92.8 Å². The fourth-order valence-electron chi connectivity index (χ4n) is 1.81. The second-order valence-electron chi connectivity index (χ2n) is 4.44. The molecule has 0 amide bonds. The van der Waals surface area contributed by atoms with Gasteiger partial charge < -0.3 is 9.84 Å². The van der Waals surface area contributed by atoms with Crippen molar-refractivity contribution in [1.29, 1.82) is 0 Å². The molecule has 5 heteroatoms. The van der Waals surface area contributed by atoms with E-state index in [2.05, 4.69) is 22.4 Å². The molecular formula is C10H14N2O2S. The summed E-state index contributed by atoms with van der Waals surface area (Å²) in [7, 11) is 0. The molecule has 1 fully saturated rings. The van der Waals surface area contributed by atoms with Crippen molar-refractivity contribution >= 4 is 11.8 Å². The predicted octanol–water partition coefficient (Wildman–Crippen LogP) is 1.36. The van der Waals surface area contributed by atoms with Crippen LogP contribution in [-0.2, 0) is 4.74 Å². The van der Waals surface area contributed by atoms with Crippen molar-refractivity contribution in [3.05, 3.63) is 12.2 Å². The summed E-state index contributed by atoms with van der Waals surface area (Å²) in [4.78, 5) is 0. The van der Waals surface area contributed by atoms with E-state index < -0.39 is 0 Å². The number of hydrogen-bond donors (Lipinski definition) is 1. The van der Waals surface area contributed by atoms with E-state index >= 15 is 0 Å². The molecule has 3 rings (SSSR count). The molecule has 0 aromatic carbocycles. The van der Waals surface area contributed by atoms with Gasteiger partial charge in [-0.3, -0.25) is 0 Å². The van der Waals surface area contributed by atoms with Crippen LogP contribution in [0, 0.1) is 0 Å². The third-order valence-electron chi connectivity index (χ3n) is 3.05. The molecule has 3 aliphatic rings. The molecule has 0 spiro atoms. The van der Waals surface area contributed by atoms with Crippen molar-refractivity contribution in [2.45, 2.75) is 42.6 Å². The maximum absolute atomic E-state index is 9.88. The van der Waals surface area contributed by atoms with Crippen LogP contribution in [0.4, 0.5) is 0 Å². The van der Waals surface area contributed by atoms with Crippen molar-refractivity contribution < 1.29 is 9.84 Å². The van der Waals surface area contributed by atoms with E-state index in [1.165, 1.54) is 0 Å². The summed E-state index contributed by atoms with van der Waals surface area (Å²) in [6.45, 7) is 2.03. The minimum absolute atomic E-state index is 0.0541. The Balaban J connectivity index is 1.46. The van der Waals surface area contributed by atoms with Gasteiger partial charge in [0, 0.05) is 6.42 Å². The van der Waals surface area contributed by atoms with E-state index in [1.54, 1.807) is 11.8 Å². The smallest absolute Gasteiger partial charge is 0.189 e. The zero-order valence-electron chi connectivity index (χ0n) is 8.54. The lowest BCUT2D eigenvalue weighted by atomic mass is 10.0. The Morgan fingerprint density at radius 3 is 3.00 bits per heavy atom. The van der Waals surface area contributed by atoms with Gasteiger partial charge in [-0.25, -0.2) is 0 Å². The summed E-state index contributed by atoms with van der Waals surface area (Å²) in [5.41, 5.74) is -0.116. The van der Waals surface area contributed by atoms with Crippen LogP contribution < -0.4 is 0 Å². The largest absolute Gasteiger partial charge is 0.389 e. The second-order valence-corrected chi connectivity index (χ2v) is 5.73. The minimum atomic E-state index is -0.342. The first-order chi connectivity index (χ1) is 7.18. The van der Waals surface area contributed by atoms with Gasteiger partial charge in [0.2, 0.25) is 0 Å². The molecule has 0 aromatic heterocycles. The van der Waals surface area contributed by atoms with Crippen LogP contribution >= 0.6 is 11.8 Å². The average Bonchev–Trinajstić information content (AvgIpc) is 3.07. The molecule has 1 saturated heterocycles. The van der Waals surface area contributed by atoms with Crippen LogP contribution in [0.3, 0.4) is 0 Å². The molecule has 4 atom stereocenters. The van der Waals surface area contributed by atoms with Gasteiger partial charge in [0.1, 0.15) is 12.2 Å². The van der Waals surface area contributed by atoms with Gasteiger partial charge in [-0.2, -0.15) is 22.0 Å². The topological polar surface area (TPSA) is 57.5 Å². The van der Waals surface area contributed by atoms with Gasteiger partial charge in [-0.1, -0.05) is 12.2 Å². The molecule has 0 aromatic rings. The quantitative estimate of drug-likeness (QED) is 0.581. The molecule has 1 N–H and O–H groups in total. The molecule has 0 bridgehead atoms. The van der Waals surface area contributed by atoms with Crippen molar-refractivity contribution in [2.75, 3.05) is 5.75 Å². The molecule has 15 heavy (non-hydrogen) atoms. The predicted molar refractivity (Wildman–Crippen MR) is 57.9 cm³/mol. The number of thioether (sulfide) groups is 1. The van der Waals surface area contributed by atoms with Gasteiger partial charge in [0.25, 0.3) is 0 Å². The fraction of sp³-hybridized carbons (Fsp3) is 0.800. The summed E-state index contributed by atoms with van der Waals surface area (Å²) < 4.78 is 5.29. The second kappa shape index (κ2) is 3.30. The molecule has 0 saturated carbocycles. The number of fused-ring (bicyclic) bond motifs is 1. The van der Waals surface area contributed by atoms with Crippen molar-refractivity contribution in [1.82, 2.24) is 0 Å². The maximum Gasteiger partial charge on any atom is 0.189 e. The van der Waals surface area contributed by atoms with Gasteiger partial charge in [0.15, 0.2) is 5.66 Å². The number of hydrogen-bond acceptors (Lipinski definition) is 5. The summed E-state index contributed by atoms with van der Waals surface area (Å²) >= 11 is 1.77. The van der Waals surface area contributed by atoms with Crippen molar-refractivity contribution in [3.63, 3.8) is 0 Å². The molecular weight excluding hydrogens is 212 g/mol. The third-order valence-corrected chi connectivity index (χ3v) is 4.31. The molecule has 0 radical (unpaired) electrons. The number of ether oxygens (including phenoxy) is 1. The van der Waals surface area contributed by atoms with Gasteiger partial charge >= 0.3 is 0 Å². The third kappa shape index (κ3) is 1.96. The van der Waals surface area contributed by atoms with Crippen molar-refractivity contribution in [3.8, 4) is 0 Å². The zero-order chi connectivity index (χ0) is 10.5. The Bertz CT molecular complexity index is 325. The highest BCUT2D eigenvalue weighted by Gasteiger charge is 2.48. The van der Waals surface area contributed by atoms with Crippen LogP contribution in [0.25, 0.3) is 0 Å². The lowest BCUT2D eigenvalue weighted by Crippen LogP contribution is -2.31. The van der Waals surface area contributed by atoms with Gasteiger partial charge in [-0.05, 0) is 12.7 Å². The maximum atomic E-state index is 9.88. The average molecular weight is 226 g/mol. The summed E-state index contributed by atoms with van der Waals surface area (Å²) in [5, 5.41) is 18.0. The highest BCUT2D eigenvalue weighted by Crippen LogP contribution is 2.38. The number of rotatable bonds is 4. The Hall–Kier alpha value is -0.390. The van der Waals surface area contributed by atoms with Crippen LogP contribution in [-0.4, -0.2) is 40.1 Å². The lowest BCUT2D eigenvalue weighted by molar-refractivity contribution is 0.142. The first kappa shape index (κ1) is 9.81. The summed E-state index contributed by atoms with van der Waals surface area (Å²) in [6.07, 6.45) is 4.98. The highest BCUT2D eigenvalue weighted by molar-refractivity contribution is 8.00. The van der Waals surface area contributed by atoms with Crippen molar-refractivity contribution in [2.24, 2.45) is 10.2 Å². The lowest BCUT2D eigenvalue weighted by Gasteiger charge is -2.20. The summed E-state index contributed by atoms with van der Waals surface area (Å²) in [5.74, 6) is 0.979. The molecule has 4 unspecified atom stereocenters. The SMILES string of the molecule is CC1(CCSC2C=CC3OC3C2O)N=N1. The van der Waals surface area contributed by atoms with Crippen LogP contribution in [0.5, 0.6) is 0 Å². The van der Waals surface area contributed by atoms with E-state index in [0.29, 0.717) is 0 Å². The number of aliphatic hydroxyl groups is 1. The van der Waals surface area contributed by atoms with Crippen LogP contribution in [0.15, 0.2) is 22.4 Å². The van der Waals surface area contributed by atoms with Gasteiger partial charge in [0.05, 0.1) is 11.4 Å². The molecule has 1 aliphatic carbocycles. The van der Waals surface area contributed by atoms with E-state index in [0.717, 1.165) is 12.2 Å². The molecule has 2 aliphatic heterocycles. The normalized spacial score (nSPS) is 43.9. The van der Waals surface area contributed by atoms with Gasteiger partial charge in [-0.15, -0.1) is 0 Å². The molecule has 2 heterocycles. The monoisotopic (exact) mass is 226 g/mol. The summed E-state index contributed by atoms with van der Waals surface area (Å²) in [6, 6.07) is 0. The van der Waals surface area contributed by atoms with Crippen LogP contribution in [0.2, 0.25) is 0 Å². The standard InChI is InChI=1S/C10H14N2O2S/c1-10(11-12-10)4-5-15-7-3-2-6-9(14-6)8(7)13/h2-3,6-9,13H,4-5H2,1H3. The number of epoxide rings is 1. The molecule has 4 nitrogen and oxygen atoms in total. The first-order valence-electron chi connectivity index (χ1n) is 5.25. The fourth-order valence-corrected chi connectivity index (χ4v) is 3.14. The highest BCUT2D eigenvalue weighted by atomic mass is 32.2.